The zero-order valence-electron chi connectivity index (χ0n) is 18.0. The molecule has 1 N–H and O–H groups in total. The number of pyridine rings is 1. The molecule has 3 heterocycles. The fourth-order valence-electron chi connectivity index (χ4n) is 4.11. The minimum absolute atomic E-state index is 0.246. The van der Waals surface area contributed by atoms with Crippen molar-refractivity contribution < 1.29 is 8.81 Å². The van der Waals surface area contributed by atoms with Crippen molar-refractivity contribution >= 4 is 34.6 Å². The van der Waals surface area contributed by atoms with Gasteiger partial charge in [0.25, 0.3) is 0 Å². The van der Waals surface area contributed by atoms with Crippen LogP contribution < -0.4 is 10.2 Å². The smallest absolute Gasteiger partial charge is 0.174 e. The van der Waals surface area contributed by atoms with Crippen molar-refractivity contribution in [3.8, 4) is 11.3 Å². The Hall–Kier alpha value is -3.22. The monoisotopic (exact) mass is 477 g/mol. The molecule has 5 rings (SSSR count). The Morgan fingerprint density at radius 1 is 1.03 bits per heavy atom. The lowest BCUT2D eigenvalue weighted by Gasteiger charge is -2.26. The van der Waals surface area contributed by atoms with E-state index in [0.717, 1.165) is 22.5 Å². The fourth-order valence-corrected chi connectivity index (χ4v) is 4.64. The molecule has 0 spiro atoms. The van der Waals surface area contributed by atoms with Gasteiger partial charge in [-0.15, -0.1) is 0 Å². The van der Waals surface area contributed by atoms with Crippen molar-refractivity contribution in [1.82, 2.24) is 10.3 Å². The molecule has 0 aliphatic carbocycles. The van der Waals surface area contributed by atoms with Crippen molar-refractivity contribution in [3.05, 3.63) is 106 Å². The molecule has 166 valence electrons. The Kier molecular flexibility index (Phi) is 5.64. The minimum Gasteiger partial charge on any atom is -0.459 e. The van der Waals surface area contributed by atoms with Gasteiger partial charge in [0.2, 0.25) is 0 Å². The summed E-state index contributed by atoms with van der Waals surface area (Å²) in [5, 5.41) is 4.60. The van der Waals surface area contributed by atoms with E-state index in [1.165, 1.54) is 6.07 Å². The van der Waals surface area contributed by atoms with Crippen molar-refractivity contribution in [1.29, 1.82) is 0 Å². The van der Waals surface area contributed by atoms with E-state index in [1.54, 1.807) is 25.3 Å². The number of thiocarbonyl (C=S) groups is 1. The van der Waals surface area contributed by atoms with Crippen LogP contribution in [0.5, 0.6) is 0 Å². The molecule has 1 fully saturated rings. The predicted octanol–water partition coefficient (Wildman–Crippen LogP) is 6.93. The first kappa shape index (κ1) is 21.6. The van der Waals surface area contributed by atoms with Crippen molar-refractivity contribution in [2.24, 2.45) is 0 Å². The summed E-state index contributed by atoms with van der Waals surface area (Å²) in [6.45, 7) is 3.70. The summed E-state index contributed by atoms with van der Waals surface area (Å²) in [5.41, 5.74) is 4.06. The van der Waals surface area contributed by atoms with Crippen molar-refractivity contribution in [2.75, 3.05) is 4.90 Å². The summed E-state index contributed by atoms with van der Waals surface area (Å²) in [5.74, 6) is 1.16. The third kappa shape index (κ3) is 4.01. The van der Waals surface area contributed by atoms with Gasteiger partial charge in [-0.1, -0.05) is 29.8 Å². The van der Waals surface area contributed by atoms with Crippen LogP contribution in [-0.4, -0.2) is 10.1 Å². The quantitative estimate of drug-likeness (QED) is 0.323. The highest BCUT2D eigenvalue weighted by Gasteiger charge is 2.42. The maximum atomic E-state index is 14.0. The third-order valence-electron chi connectivity index (χ3n) is 5.89. The fraction of sp³-hybridized carbons (Fsp3) is 0.154. The maximum Gasteiger partial charge on any atom is 0.174 e. The number of hydrogen-bond acceptors (Lipinski definition) is 3. The molecule has 2 aromatic carbocycles. The highest BCUT2D eigenvalue weighted by Crippen LogP contribution is 2.43. The van der Waals surface area contributed by atoms with Gasteiger partial charge < -0.3 is 14.6 Å². The van der Waals surface area contributed by atoms with Crippen LogP contribution in [0.2, 0.25) is 5.02 Å². The normalized spacial score (nSPS) is 17.9. The number of anilines is 1. The van der Waals surface area contributed by atoms with Crippen LogP contribution in [0.4, 0.5) is 10.1 Å². The molecule has 1 aliphatic heterocycles. The van der Waals surface area contributed by atoms with E-state index in [1.807, 2.05) is 60.4 Å². The van der Waals surface area contributed by atoms with Crippen LogP contribution in [0.1, 0.15) is 34.7 Å². The number of hydrogen-bond donors (Lipinski definition) is 1. The van der Waals surface area contributed by atoms with Crippen molar-refractivity contribution in [3.63, 3.8) is 0 Å². The first-order valence-electron chi connectivity index (χ1n) is 10.6. The van der Waals surface area contributed by atoms with Crippen LogP contribution >= 0.6 is 23.8 Å². The molecule has 2 aromatic heterocycles. The summed E-state index contributed by atoms with van der Waals surface area (Å²) in [6, 6.07) is 19.9. The molecule has 0 radical (unpaired) electrons. The van der Waals surface area contributed by atoms with E-state index in [0.29, 0.717) is 27.2 Å². The van der Waals surface area contributed by atoms with Gasteiger partial charge in [0.15, 0.2) is 5.11 Å². The lowest BCUT2D eigenvalue weighted by molar-refractivity contribution is 0.439. The van der Waals surface area contributed by atoms with Gasteiger partial charge in [0, 0.05) is 22.5 Å². The molecule has 0 amide bonds. The van der Waals surface area contributed by atoms with E-state index >= 15 is 0 Å². The first-order chi connectivity index (χ1) is 15.9. The predicted molar refractivity (Wildman–Crippen MR) is 133 cm³/mol. The third-order valence-corrected chi connectivity index (χ3v) is 6.61. The Bertz CT molecular complexity index is 1340. The molecule has 4 aromatic rings. The molecule has 1 aliphatic rings. The number of rotatable bonds is 4. The summed E-state index contributed by atoms with van der Waals surface area (Å²) < 4.78 is 20.3. The second kappa shape index (κ2) is 8.61. The number of nitrogens with zero attached hydrogens (tertiary/aromatic N) is 2. The lowest BCUT2D eigenvalue weighted by atomic mass is 10.0. The molecule has 0 saturated carbocycles. The van der Waals surface area contributed by atoms with Gasteiger partial charge in [0.1, 0.15) is 23.4 Å². The molecule has 4 nitrogen and oxygen atoms in total. The van der Waals surface area contributed by atoms with E-state index in [9.17, 15) is 4.39 Å². The maximum absolute atomic E-state index is 14.0. The summed E-state index contributed by atoms with van der Waals surface area (Å²) in [7, 11) is 0. The SMILES string of the molecule is Cc1cc(N2C(=S)N[C@H](c3ccccn3)[C@H]2c2ccc(-c3ccc(C)c(Cl)c3)o2)ccc1F. The Labute approximate surface area is 202 Å². The molecule has 2 atom stereocenters. The second-order valence-corrected chi connectivity index (χ2v) is 8.89. The van der Waals surface area contributed by atoms with Crippen LogP contribution in [-0.2, 0) is 0 Å². The van der Waals surface area contributed by atoms with E-state index in [2.05, 4.69) is 10.3 Å². The van der Waals surface area contributed by atoms with Crippen LogP contribution in [0, 0.1) is 19.7 Å². The standard InChI is InChI=1S/C26H21ClFN3OS/c1-15-6-7-17(14-19(15)27)22-10-11-23(32-22)25-24(21-5-3-4-12-29-21)30-26(33)31(25)18-8-9-20(28)16(2)13-18/h3-14,24-25H,1-2H3,(H,30,33)/t24-,25-/m1/s1. The first-order valence-corrected chi connectivity index (χ1v) is 11.3. The number of nitrogens with one attached hydrogen (secondary N) is 1. The number of aryl methyl sites for hydroxylation is 2. The molecule has 7 heteroatoms. The topological polar surface area (TPSA) is 41.3 Å². The van der Waals surface area contributed by atoms with Crippen LogP contribution in [0.15, 0.2) is 77.3 Å². The van der Waals surface area contributed by atoms with E-state index in [4.69, 9.17) is 28.2 Å². The summed E-state index contributed by atoms with van der Waals surface area (Å²) in [4.78, 5) is 6.51. The molecule has 1 saturated heterocycles. The number of aromatic nitrogens is 1. The van der Waals surface area contributed by atoms with Crippen molar-refractivity contribution in [2.45, 2.75) is 25.9 Å². The lowest BCUT2D eigenvalue weighted by Crippen LogP contribution is -2.29. The van der Waals surface area contributed by atoms with Gasteiger partial charge in [0.05, 0.1) is 11.7 Å². The highest BCUT2D eigenvalue weighted by molar-refractivity contribution is 7.80. The second-order valence-electron chi connectivity index (χ2n) is 8.10. The zero-order chi connectivity index (χ0) is 23.1. The van der Waals surface area contributed by atoms with Gasteiger partial charge in [-0.3, -0.25) is 4.98 Å². The molecule has 0 bridgehead atoms. The summed E-state index contributed by atoms with van der Waals surface area (Å²) >= 11 is 12.1. The number of halogens is 2. The van der Waals surface area contributed by atoms with E-state index in [-0.39, 0.29) is 17.9 Å². The van der Waals surface area contributed by atoms with E-state index < -0.39 is 0 Å². The van der Waals surface area contributed by atoms with Gasteiger partial charge in [-0.25, -0.2) is 4.39 Å². The Morgan fingerprint density at radius 2 is 1.88 bits per heavy atom. The zero-order valence-corrected chi connectivity index (χ0v) is 19.6. The van der Waals surface area contributed by atoms with Gasteiger partial charge >= 0.3 is 0 Å². The molecular formula is C26H21ClFN3OS. The highest BCUT2D eigenvalue weighted by atomic mass is 35.5. The van der Waals surface area contributed by atoms with Crippen LogP contribution in [0.3, 0.4) is 0 Å². The van der Waals surface area contributed by atoms with Crippen LogP contribution in [0.25, 0.3) is 11.3 Å². The Morgan fingerprint density at radius 3 is 2.61 bits per heavy atom. The molecule has 33 heavy (non-hydrogen) atoms. The van der Waals surface area contributed by atoms with Gasteiger partial charge in [-0.05, 0) is 85.7 Å². The summed E-state index contributed by atoms with van der Waals surface area (Å²) in [6.07, 6.45) is 1.75. The molecule has 0 unspecified atom stereocenters. The average Bonchev–Trinajstić information content (AvgIpc) is 3.43. The largest absolute Gasteiger partial charge is 0.459 e. The minimum atomic E-state index is -0.313. The Balaban J connectivity index is 1.61. The number of benzene rings is 2. The average molecular weight is 478 g/mol. The molecular weight excluding hydrogens is 457 g/mol. The number of furan rings is 1. The van der Waals surface area contributed by atoms with Gasteiger partial charge in [-0.2, -0.15) is 0 Å².